The molecule has 8 heteroatoms. The summed E-state index contributed by atoms with van der Waals surface area (Å²) in [5, 5.41) is 3.55. The molecule has 1 N–H and O–H groups in total. The molecule has 3 rings (SSSR count). The number of nitrogens with zero attached hydrogens (tertiary/aromatic N) is 1. The van der Waals surface area contributed by atoms with Gasteiger partial charge in [-0.15, -0.1) is 6.42 Å². The van der Waals surface area contributed by atoms with Gasteiger partial charge in [0.2, 0.25) is 0 Å². The molecule has 1 heterocycles. The van der Waals surface area contributed by atoms with Crippen LogP contribution in [0.3, 0.4) is 0 Å². The quantitative estimate of drug-likeness (QED) is 0.393. The Bertz CT molecular complexity index is 1020. The van der Waals surface area contributed by atoms with Crippen LogP contribution in [-0.2, 0) is 4.79 Å². The fraction of sp³-hybridized carbons (Fsp3) is 0.100. The van der Waals surface area contributed by atoms with E-state index in [0.717, 1.165) is 4.47 Å². The molecular weight excluding hydrogens is 464 g/mol. The molecule has 0 radical (unpaired) electrons. The van der Waals surface area contributed by atoms with Crippen LogP contribution in [0.2, 0.25) is 5.02 Å². The first-order valence-electron chi connectivity index (χ1n) is 8.01. The van der Waals surface area contributed by atoms with E-state index in [1.165, 1.54) is 12.0 Å². The van der Waals surface area contributed by atoms with Gasteiger partial charge in [0.05, 0.1) is 17.8 Å². The van der Waals surface area contributed by atoms with E-state index < -0.39 is 0 Å². The topological polar surface area (TPSA) is 50.8 Å². The maximum absolute atomic E-state index is 12.8. The standard InChI is InChI=1S/C20H14BrClN2O3S/c1-3-8-27-18-15(22)9-12(11-17(18)26-2)10-16-19(25)24(20(28)23-16)14-6-4-13(21)5-7-14/h1,4-7,9-11H,8H2,2H3,(H,23,28)/b16-10-. The van der Waals surface area contributed by atoms with Crippen LogP contribution in [0.1, 0.15) is 5.56 Å². The molecule has 2 aromatic carbocycles. The minimum atomic E-state index is -0.268. The average Bonchev–Trinajstić information content (AvgIpc) is 2.94. The Morgan fingerprint density at radius 1 is 1.36 bits per heavy atom. The molecule has 1 aliphatic heterocycles. The van der Waals surface area contributed by atoms with E-state index in [-0.39, 0.29) is 12.5 Å². The number of terminal acetylenes is 1. The van der Waals surface area contributed by atoms with Gasteiger partial charge in [0.25, 0.3) is 5.91 Å². The largest absolute Gasteiger partial charge is 0.493 e. The van der Waals surface area contributed by atoms with Gasteiger partial charge in [-0.25, -0.2) is 0 Å². The van der Waals surface area contributed by atoms with Crippen molar-refractivity contribution in [3.63, 3.8) is 0 Å². The first-order valence-corrected chi connectivity index (χ1v) is 9.59. The summed E-state index contributed by atoms with van der Waals surface area (Å²) in [6.45, 7) is 0.0625. The predicted molar refractivity (Wildman–Crippen MR) is 118 cm³/mol. The van der Waals surface area contributed by atoms with Gasteiger partial charge in [0.1, 0.15) is 12.3 Å². The molecule has 0 bridgehead atoms. The highest BCUT2D eigenvalue weighted by Crippen LogP contribution is 2.37. The van der Waals surface area contributed by atoms with Crippen molar-refractivity contribution in [3.8, 4) is 23.8 Å². The number of carbonyl (C=O) groups is 1. The third-order valence-electron chi connectivity index (χ3n) is 3.83. The molecule has 1 amide bonds. The summed E-state index contributed by atoms with van der Waals surface area (Å²) in [6, 6.07) is 10.6. The lowest BCUT2D eigenvalue weighted by Gasteiger charge is -2.13. The lowest BCUT2D eigenvalue weighted by molar-refractivity contribution is -0.113. The molecule has 142 valence electrons. The molecule has 5 nitrogen and oxygen atoms in total. The number of rotatable bonds is 5. The van der Waals surface area contributed by atoms with Gasteiger partial charge in [0.15, 0.2) is 16.6 Å². The predicted octanol–water partition coefficient (Wildman–Crippen LogP) is 4.39. The van der Waals surface area contributed by atoms with E-state index in [9.17, 15) is 4.79 Å². The van der Waals surface area contributed by atoms with Crippen LogP contribution in [0.25, 0.3) is 6.08 Å². The first kappa shape index (κ1) is 20.2. The summed E-state index contributed by atoms with van der Waals surface area (Å²) in [4.78, 5) is 14.3. The van der Waals surface area contributed by atoms with Crippen molar-refractivity contribution in [1.29, 1.82) is 0 Å². The monoisotopic (exact) mass is 476 g/mol. The van der Waals surface area contributed by atoms with Crippen molar-refractivity contribution in [2.45, 2.75) is 0 Å². The van der Waals surface area contributed by atoms with Gasteiger partial charge in [-0.1, -0.05) is 33.5 Å². The number of benzene rings is 2. The molecule has 0 unspecified atom stereocenters. The molecular formula is C20H14BrClN2O3S. The number of methoxy groups -OCH3 is 1. The highest BCUT2D eigenvalue weighted by atomic mass is 79.9. The Balaban J connectivity index is 1.92. The Labute approximate surface area is 181 Å². The van der Waals surface area contributed by atoms with E-state index >= 15 is 0 Å². The highest BCUT2D eigenvalue weighted by Gasteiger charge is 2.32. The molecule has 0 aliphatic carbocycles. The fourth-order valence-electron chi connectivity index (χ4n) is 2.60. The van der Waals surface area contributed by atoms with Crippen LogP contribution in [0.15, 0.2) is 46.6 Å². The van der Waals surface area contributed by atoms with Crippen LogP contribution in [0.5, 0.6) is 11.5 Å². The summed E-state index contributed by atoms with van der Waals surface area (Å²) in [5.41, 5.74) is 1.64. The molecule has 28 heavy (non-hydrogen) atoms. The summed E-state index contributed by atoms with van der Waals surface area (Å²) < 4.78 is 11.7. The highest BCUT2D eigenvalue weighted by molar-refractivity contribution is 9.10. The van der Waals surface area contributed by atoms with Crippen LogP contribution in [0, 0.1) is 12.3 Å². The molecule has 1 saturated heterocycles. The number of ether oxygens (including phenoxy) is 2. The lowest BCUT2D eigenvalue weighted by atomic mass is 10.1. The molecule has 0 atom stereocenters. The summed E-state index contributed by atoms with van der Waals surface area (Å²) in [5.74, 6) is 2.87. The Morgan fingerprint density at radius 2 is 2.07 bits per heavy atom. The summed E-state index contributed by atoms with van der Waals surface area (Å²) in [6.07, 6.45) is 6.87. The number of anilines is 1. The van der Waals surface area contributed by atoms with E-state index in [1.54, 1.807) is 30.3 Å². The van der Waals surface area contributed by atoms with Crippen molar-refractivity contribution in [2.24, 2.45) is 0 Å². The second-order valence-electron chi connectivity index (χ2n) is 5.63. The molecule has 0 aromatic heterocycles. The van der Waals surface area contributed by atoms with E-state index in [0.29, 0.717) is 38.6 Å². The zero-order chi connectivity index (χ0) is 20.3. The average molecular weight is 478 g/mol. The molecule has 1 aliphatic rings. The minimum absolute atomic E-state index is 0.0625. The summed E-state index contributed by atoms with van der Waals surface area (Å²) in [7, 11) is 1.49. The zero-order valence-electron chi connectivity index (χ0n) is 14.7. The van der Waals surface area contributed by atoms with E-state index in [4.69, 9.17) is 39.7 Å². The van der Waals surface area contributed by atoms with Crippen molar-refractivity contribution in [1.82, 2.24) is 5.32 Å². The van der Waals surface area contributed by atoms with Gasteiger partial charge in [-0.2, -0.15) is 0 Å². The lowest BCUT2D eigenvalue weighted by Crippen LogP contribution is -2.30. The Hall–Kier alpha value is -2.53. The van der Waals surface area contributed by atoms with E-state index in [1.807, 2.05) is 12.1 Å². The second-order valence-corrected chi connectivity index (χ2v) is 7.34. The number of carbonyl (C=O) groups excluding carboxylic acids is 1. The molecule has 0 spiro atoms. The fourth-order valence-corrected chi connectivity index (χ4v) is 3.44. The Kier molecular flexibility index (Phi) is 6.25. The number of amides is 1. The first-order chi connectivity index (χ1) is 13.4. The SMILES string of the molecule is C#CCOc1c(Cl)cc(/C=C2\NC(=S)N(c3ccc(Br)cc3)C2=O)cc1OC. The van der Waals surface area contributed by atoms with Crippen LogP contribution in [0.4, 0.5) is 5.69 Å². The maximum Gasteiger partial charge on any atom is 0.281 e. The Morgan fingerprint density at radius 3 is 2.71 bits per heavy atom. The van der Waals surface area contributed by atoms with E-state index in [2.05, 4.69) is 27.2 Å². The van der Waals surface area contributed by atoms with Crippen molar-refractivity contribution < 1.29 is 14.3 Å². The maximum atomic E-state index is 12.8. The van der Waals surface area contributed by atoms with Crippen molar-refractivity contribution >= 4 is 62.5 Å². The van der Waals surface area contributed by atoms with Crippen LogP contribution < -0.4 is 19.7 Å². The summed E-state index contributed by atoms with van der Waals surface area (Å²) >= 11 is 15.0. The van der Waals surface area contributed by atoms with Gasteiger partial charge < -0.3 is 14.8 Å². The second kappa shape index (κ2) is 8.65. The number of thiocarbonyl (C=S) groups is 1. The molecule has 0 saturated carbocycles. The van der Waals surface area contributed by atoms with Gasteiger partial charge >= 0.3 is 0 Å². The molecule has 1 fully saturated rings. The smallest absolute Gasteiger partial charge is 0.281 e. The minimum Gasteiger partial charge on any atom is -0.493 e. The molecule has 2 aromatic rings. The van der Waals surface area contributed by atoms with Crippen molar-refractivity contribution in [3.05, 3.63) is 57.2 Å². The third kappa shape index (κ3) is 4.14. The number of hydrogen-bond acceptors (Lipinski definition) is 4. The number of nitrogens with one attached hydrogen (secondary N) is 1. The number of hydrogen-bond donors (Lipinski definition) is 1. The normalized spacial score (nSPS) is 14.8. The van der Waals surface area contributed by atoms with Crippen LogP contribution >= 0.6 is 39.7 Å². The zero-order valence-corrected chi connectivity index (χ0v) is 17.8. The van der Waals surface area contributed by atoms with Gasteiger partial charge in [0, 0.05) is 4.47 Å². The van der Waals surface area contributed by atoms with Gasteiger partial charge in [-0.05, 0) is 60.3 Å². The van der Waals surface area contributed by atoms with Crippen molar-refractivity contribution in [2.75, 3.05) is 18.6 Å². The number of halogens is 2. The third-order valence-corrected chi connectivity index (χ3v) is 4.92. The van der Waals surface area contributed by atoms with Crippen LogP contribution in [-0.4, -0.2) is 24.7 Å². The van der Waals surface area contributed by atoms with Gasteiger partial charge in [-0.3, -0.25) is 9.69 Å².